The Bertz CT molecular complexity index is 997. The molecule has 0 spiro atoms. The van der Waals surface area contributed by atoms with Gasteiger partial charge >= 0.3 is 12.3 Å². The average molecular weight is 523 g/mol. The Hall–Kier alpha value is -2.83. The average Bonchev–Trinajstić information content (AvgIpc) is 2.88. The van der Waals surface area contributed by atoms with Crippen LogP contribution in [0.5, 0.6) is 11.5 Å². The molecule has 2 aromatic carbocycles. The summed E-state index contributed by atoms with van der Waals surface area (Å²) in [6.45, 7) is 2.02. The number of carbonyl (C=O) groups excluding carboxylic acids is 2. The van der Waals surface area contributed by atoms with Crippen LogP contribution < -0.4 is 9.47 Å². The Morgan fingerprint density at radius 1 is 0.722 bits per heavy atom. The minimum absolute atomic E-state index is 0.00306. The second kappa shape index (κ2) is 15.3. The van der Waals surface area contributed by atoms with Crippen LogP contribution in [0.15, 0.2) is 46.2 Å². The van der Waals surface area contributed by atoms with Crippen LogP contribution in [0.25, 0.3) is 0 Å². The predicted octanol–water partition coefficient (Wildman–Crippen LogP) is 4.10. The van der Waals surface area contributed by atoms with E-state index in [-0.39, 0.29) is 37.9 Å². The highest BCUT2D eigenvalue weighted by molar-refractivity contribution is 7.99. The fourth-order valence-electron chi connectivity index (χ4n) is 3.17. The van der Waals surface area contributed by atoms with Gasteiger partial charge in [0.2, 0.25) is 0 Å². The first-order valence-electron chi connectivity index (χ1n) is 11.4. The standard InChI is InChI=1S/C25H30O10S/c1-28-9-11-30-13-15-32-24(26)34-20-8-7-19-17-18-5-3-4-6-21(18)36-23(19)22(20)35-25(27)33-16-14-31-12-10-29-2/h3-8H,9-17H2,1-2H3. The third-order valence-corrected chi connectivity index (χ3v) is 6.13. The van der Waals surface area contributed by atoms with Crippen LogP contribution in [0, 0.1) is 0 Å². The van der Waals surface area contributed by atoms with Crippen molar-refractivity contribution in [3.05, 3.63) is 47.5 Å². The SMILES string of the molecule is COCCOCCOC(=O)Oc1ccc2c(c1OC(=O)OCCOCCOC)Sc1ccccc1C2. The Kier molecular flexibility index (Phi) is 11.8. The smallest absolute Gasteiger partial charge is 0.432 e. The van der Waals surface area contributed by atoms with Crippen LogP contribution in [0.4, 0.5) is 9.59 Å². The Labute approximate surface area is 214 Å². The summed E-state index contributed by atoms with van der Waals surface area (Å²) in [6, 6.07) is 11.3. The molecule has 0 bridgehead atoms. The van der Waals surface area contributed by atoms with Gasteiger partial charge in [0, 0.05) is 19.1 Å². The summed E-state index contributed by atoms with van der Waals surface area (Å²) >= 11 is 1.42. The molecule has 36 heavy (non-hydrogen) atoms. The fourth-order valence-corrected chi connectivity index (χ4v) is 4.31. The molecule has 0 aromatic heterocycles. The molecule has 0 aliphatic carbocycles. The van der Waals surface area contributed by atoms with Crippen molar-refractivity contribution in [2.24, 2.45) is 0 Å². The van der Waals surface area contributed by atoms with Crippen molar-refractivity contribution in [1.29, 1.82) is 0 Å². The van der Waals surface area contributed by atoms with E-state index < -0.39 is 12.3 Å². The van der Waals surface area contributed by atoms with E-state index in [1.54, 1.807) is 20.3 Å². The van der Waals surface area contributed by atoms with Crippen molar-refractivity contribution < 1.29 is 47.5 Å². The zero-order chi connectivity index (χ0) is 25.6. The van der Waals surface area contributed by atoms with Gasteiger partial charge in [-0.1, -0.05) is 36.0 Å². The van der Waals surface area contributed by atoms with E-state index in [1.165, 1.54) is 11.8 Å². The van der Waals surface area contributed by atoms with Crippen molar-refractivity contribution in [2.75, 3.05) is 67.1 Å². The van der Waals surface area contributed by atoms with Crippen molar-refractivity contribution in [3.63, 3.8) is 0 Å². The number of benzene rings is 2. The van der Waals surface area contributed by atoms with Gasteiger partial charge in [-0.25, -0.2) is 9.59 Å². The van der Waals surface area contributed by atoms with Crippen molar-refractivity contribution >= 4 is 24.1 Å². The molecule has 0 amide bonds. The molecule has 0 fully saturated rings. The molecule has 0 atom stereocenters. The van der Waals surface area contributed by atoms with Gasteiger partial charge in [-0.2, -0.15) is 0 Å². The predicted molar refractivity (Wildman–Crippen MR) is 129 cm³/mol. The second-order valence-corrected chi connectivity index (χ2v) is 8.43. The molecule has 196 valence electrons. The number of carbonyl (C=O) groups is 2. The molecular formula is C25H30O10S. The monoisotopic (exact) mass is 522 g/mol. The molecule has 2 aromatic rings. The van der Waals surface area contributed by atoms with Crippen LogP contribution in [0.2, 0.25) is 0 Å². The fraction of sp³-hybridized carbons (Fsp3) is 0.440. The van der Waals surface area contributed by atoms with E-state index in [0.29, 0.717) is 37.7 Å². The minimum Gasteiger partial charge on any atom is -0.432 e. The van der Waals surface area contributed by atoms with E-state index >= 15 is 0 Å². The molecule has 0 unspecified atom stereocenters. The molecule has 0 saturated carbocycles. The van der Waals surface area contributed by atoms with Crippen LogP contribution in [0.3, 0.4) is 0 Å². The molecule has 0 radical (unpaired) electrons. The number of hydrogen-bond donors (Lipinski definition) is 0. The van der Waals surface area contributed by atoms with E-state index in [2.05, 4.69) is 0 Å². The topological polar surface area (TPSA) is 108 Å². The second-order valence-electron chi connectivity index (χ2n) is 7.38. The van der Waals surface area contributed by atoms with Gasteiger partial charge in [-0.15, -0.1) is 0 Å². The molecule has 1 heterocycles. The van der Waals surface area contributed by atoms with Gasteiger partial charge in [-0.05, 0) is 29.7 Å². The van der Waals surface area contributed by atoms with Crippen LogP contribution in [-0.2, 0) is 34.8 Å². The highest BCUT2D eigenvalue weighted by Crippen LogP contribution is 2.48. The first-order chi connectivity index (χ1) is 17.6. The summed E-state index contributed by atoms with van der Waals surface area (Å²) in [4.78, 5) is 26.4. The summed E-state index contributed by atoms with van der Waals surface area (Å²) < 4.78 is 41.4. The van der Waals surface area contributed by atoms with E-state index in [4.69, 9.17) is 37.9 Å². The Morgan fingerprint density at radius 2 is 1.33 bits per heavy atom. The van der Waals surface area contributed by atoms with E-state index in [1.807, 2.05) is 30.3 Å². The summed E-state index contributed by atoms with van der Waals surface area (Å²) in [5, 5.41) is 0. The van der Waals surface area contributed by atoms with Gasteiger partial charge in [0.25, 0.3) is 0 Å². The zero-order valence-electron chi connectivity index (χ0n) is 20.3. The molecule has 0 saturated heterocycles. The lowest BCUT2D eigenvalue weighted by Crippen LogP contribution is -2.19. The van der Waals surface area contributed by atoms with Gasteiger partial charge in [0.05, 0.1) is 44.5 Å². The summed E-state index contributed by atoms with van der Waals surface area (Å²) in [5.41, 5.74) is 2.08. The van der Waals surface area contributed by atoms with Gasteiger partial charge in [-0.3, -0.25) is 0 Å². The van der Waals surface area contributed by atoms with Crippen LogP contribution in [0.1, 0.15) is 11.1 Å². The van der Waals surface area contributed by atoms with Crippen molar-refractivity contribution in [3.8, 4) is 11.5 Å². The molecule has 1 aliphatic rings. The van der Waals surface area contributed by atoms with Gasteiger partial charge in [0.1, 0.15) is 13.2 Å². The van der Waals surface area contributed by atoms with Crippen molar-refractivity contribution in [1.82, 2.24) is 0 Å². The van der Waals surface area contributed by atoms with Gasteiger partial charge in [0.15, 0.2) is 11.5 Å². The molecule has 10 nitrogen and oxygen atoms in total. The molecular weight excluding hydrogens is 492 g/mol. The maximum Gasteiger partial charge on any atom is 0.514 e. The number of fused-ring (bicyclic) bond motifs is 2. The molecule has 0 N–H and O–H groups in total. The van der Waals surface area contributed by atoms with E-state index in [9.17, 15) is 9.59 Å². The normalized spacial score (nSPS) is 11.8. The van der Waals surface area contributed by atoms with Crippen molar-refractivity contribution in [2.45, 2.75) is 16.2 Å². The first-order valence-corrected chi connectivity index (χ1v) is 12.2. The van der Waals surface area contributed by atoms with Crippen LogP contribution >= 0.6 is 11.8 Å². The highest BCUT2D eigenvalue weighted by Gasteiger charge is 2.26. The van der Waals surface area contributed by atoms with Crippen LogP contribution in [-0.4, -0.2) is 79.4 Å². The largest absolute Gasteiger partial charge is 0.514 e. The molecule has 11 heteroatoms. The van der Waals surface area contributed by atoms with Gasteiger partial charge < -0.3 is 37.9 Å². The number of rotatable bonds is 14. The van der Waals surface area contributed by atoms with E-state index in [0.717, 1.165) is 16.0 Å². The lowest BCUT2D eigenvalue weighted by molar-refractivity contribution is 0.0282. The minimum atomic E-state index is -0.948. The summed E-state index contributed by atoms with van der Waals surface area (Å²) in [5.74, 6) is 0.129. The Morgan fingerprint density at radius 3 is 2.00 bits per heavy atom. The number of methoxy groups -OCH3 is 2. The molecule has 1 aliphatic heterocycles. The quantitative estimate of drug-likeness (QED) is 0.173. The first kappa shape index (κ1) is 27.8. The highest BCUT2D eigenvalue weighted by atomic mass is 32.2. The summed E-state index contributed by atoms with van der Waals surface area (Å²) in [6.07, 6.45) is -1.25. The third kappa shape index (κ3) is 8.68. The third-order valence-electron chi connectivity index (χ3n) is 4.86. The number of ether oxygens (including phenoxy) is 8. The zero-order valence-corrected chi connectivity index (χ0v) is 21.1. The lowest BCUT2D eigenvalue weighted by atomic mass is 10.0. The Balaban J connectivity index is 1.66. The summed E-state index contributed by atoms with van der Waals surface area (Å²) in [7, 11) is 3.14. The number of hydrogen-bond acceptors (Lipinski definition) is 11. The lowest BCUT2D eigenvalue weighted by Gasteiger charge is -2.22. The maximum absolute atomic E-state index is 12.4. The molecule has 3 rings (SSSR count). The maximum atomic E-state index is 12.4.